The molecule has 4 heterocycles. The Morgan fingerprint density at radius 1 is 0.938 bits per heavy atom. The van der Waals surface area contributed by atoms with Crippen molar-refractivity contribution in [2.75, 3.05) is 31.1 Å². The Morgan fingerprint density at radius 2 is 1.56 bits per heavy atom. The molecule has 0 aromatic carbocycles. The van der Waals surface area contributed by atoms with Crippen LogP contribution in [-0.4, -0.2) is 64.1 Å². The van der Waals surface area contributed by atoms with Crippen molar-refractivity contribution in [2.24, 2.45) is 11.8 Å². The fourth-order valence-corrected chi connectivity index (χ4v) is 6.95. The highest BCUT2D eigenvalue weighted by Crippen LogP contribution is 2.37. The first-order valence-corrected chi connectivity index (χ1v) is 13.3. The van der Waals surface area contributed by atoms with Crippen LogP contribution in [0.4, 0.5) is 5.82 Å². The van der Waals surface area contributed by atoms with E-state index in [2.05, 4.69) is 48.1 Å². The number of piperidine rings is 1. The van der Waals surface area contributed by atoms with Gasteiger partial charge in [-0.2, -0.15) is 0 Å². The van der Waals surface area contributed by atoms with Crippen LogP contribution in [0.25, 0.3) is 0 Å². The van der Waals surface area contributed by atoms with E-state index >= 15 is 0 Å². The van der Waals surface area contributed by atoms with Crippen LogP contribution in [0.1, 0.15) is 83.9 Å². The zero-order valence-electron chi connectivity index (χ0n) is 20.5. The number of fused-ring (bicyclic) bond motifs is 2. The van der Waals surface area contributed by atoms with E-state index in [1.165, 1.54) is 76.0 Å². The summed E-state index contributed by atoms with van der Waals surface area (Å²) >= 11 is 0. The van der Waals surface area contributed by atoms with Gasteiger partial charge in [0, 0.05) is 49.0 Å². The Bertz CT molecular complexity index is 777. The molecule has 4 aliphatic rings. The van der Waals surface area contributed by atoms with E-state index < -0.39 is 0 Å². The molecule has 2 atom stereocenters. The summed E-state index contributed by atoms with van der Waals surface area (Å²) in [6.45, 7) is 15.7. The van der Waals surface area contributed by atoms with Crippen molar-refractivity contribution >= 4 is 5.82 Å². The first-order valence-electron chi connectivity index (χ1n) is 13.3. The minimum Gasteiger partial charge on any atom is -0.371 e. The molecule has 0 radical (unpaired) electrons. The summed E-state index contributed by atoms with van der Waals surface area (Å²) in [5, 5.41) is 0. The van der Waals surface area contributed by atoms with E-state index in [-0.39, 0.29) is 0 Å². The molecule has 2 bridgehead atoms. The lowest BCUT2D eigenvalue weighted by molar-refractivity contribution is 0.0972. The van der Waals surface area contributed by atoms with Crippen LogP contribution < -0.4 is 4.90 Å². The van der Waals surface area contributed by atoms with E-state index in [0.29, 0.717) is 18.0 Å². The Hall–Kier alpha value is -1.62. The summed E-state index contributed by atoms with van der Waals surface area (Å²) in [7, 11) is 0. The van der Waals surface area contributed by atoms with E-state index in [1.807, 2.05) is 6.20 Å². The Kier molecular flexibility index (Phi) is 6.46. The molecular weight excluding hydrogens is 394 g/mol. The number of anilines is 1. The van der Waals surface area contributed by atoms with Gasteiger partial charge in [0.2, 0.25) is 0 Å². The van der Waals surface area contributed by atoms with Gasteiger partial charge in [-0.1, -0.05) is 20.4 Å². The van der Waals surface area contributed by atoms with Crippen molar-refractivity contribution in [2.45, 2.75) is 96.2 Å². The average molecular weight is 438 g/mol. The van der Waals surface area contributed by atoms with Crippen molar-refractivity contribution < 1.29 is 0 Å². The molecule has 32 heavy (non-hydrogen) atoms. The topological polar surface area (TPSA) is 35.5 Å². The maximum atomic E-state index is 5.15. The van der Waals surface area contributed by atoms with E-state index in [9.17, 15) is 0 Å². The smallest absolute Gasteiger partial charge is 0.133 e. The number of allylic oxidation sites excluding steroid dienone is 1. The van der Waals surface area contributed by atoms with Crippen molar-refractivity contribution in [3.05, 3.63) is 30.4 Å². The fourth-order valence-electron chi connectivity index (χ4n) is 6.95. The van der Waals surface area contributed by atoms with Crippen molar-refractivity contribution in [1.29, 1.82) is 0 Å². The number of hydrogen-bond acceptors (Lipinski definition) is 5. The number of rotatable bonds is 5. The molecule has 2 unspecified atom stereocenters. The van der Waals surface area contributed by atoms with Gasteiger partial charge in [0.25, 0.3) is 0 Å². The molecule has 3 saturated heterocycles. The third-order valence-corrected chi connectivity index (χ3v) is 9.04. The maximum Gasteiger partial charge on any atom is 0.133 e. The van der Waals surface area contributed by atoms with Gasteiger partial charge in [-0.05, 0) is 89.3 Å². The lowest BCUT2D eigenvalue weighted by atomic mass is 9.78. The quantitative estimate of drug-likeness (QED) is 0.644. The molecule has 1 aliphatic carbocycles. The Morgan fingerprint density at radius 3 is 2.16 bits per heavy atom. The van der Waals surface area contributed by atoms with Crippen LogP contribution in [0.15, 0.2) is 24.5 Å². The van der Waals surface area contributed by atoms with Crippen LogP contribution in [0.2, 0.25) is 0 Å². The molecule has 176 valence electrons. The molecule has 0 N–H and O–H groups in total. The molecule has 3 aliphatic heterocycles. The summed E-state index contributed by atoms with van der Waals surface area (Å²) in [5.74, 6) is 4.58. The van der Waals surface area contributed by atoms with Gasteiger partial charge in [0.1, 0.15) is 11.6 Å². The predicted octanol–water partition coefficient (Wildman–Crippen LogP) is 5.06. The number of nitrogens with zero attached hydrogens (tertiary/aromatic N) is 5. The SMILES string of the molecule is C=C(C)N1CC2CCC(C1)N2c1ccnc(C2CCN([C@H]3CC[C@@H](C(C)C)CC3)CC2)n1. The van der Waals surface area contributed by atoms with Crippen LogP contribution in [0, 0.1) is 11.8 Å². The van der Waals surface area contributed by atoms with Gasteiger partial charge in [-0.15, -0.1) is 0 Å². The van der Waals surface area contributed by atoms with E-state index in [4.69, 9.17) is 9.97 Å². The highest BCUT2D eigenvalue weighted by molar-refractivity contribution is 5.44. The zero-order chi connectivity index (χ0) is 22.2. The Labute approximate surface area is 195 Å². The van der Waals surface area contributed by atoms with Crippen LogP contribution in [-0.2, 0) is 0 Å². The standard InChI is InChI=1S/C27H43N5/c1-19(2)21-5-7-23(8-6-21)30-15-12-22(13-16-30)27-28-14-11-26(29-27)32-24-9-10-25(32)18-31(17-24)20(3)4/h11,14,19,21-25H,3,5-10,12-13,15-18H2,1-2,4H3/t21-,23+,24?,25?. The molecule has 5 rings (SSSR count). The Balaban J connectivity index is 1.19. The molecular formula is C27H43N5. The van der Waals surface area contributed by atoms with Gasteiger partial charge in [-0.3, -0.25) is 0 Å². The van der Waals surface area contributed by atoms with Gasteiger partial charge in [0.05, 0.1) is 0 Å². The fraction of sp³-hybridized carbons (Fsp3) is 0.778. The first-order chi connectivity index (χ1) is 15.5. The second-order valence-electron chi connectivity index (χ2n) is 11.3. The average Bonchev–Trinajstić information content (AvgIpc) is 3.08. The molecule has 0 amide bonds. The van der Waals surface area contributed by atoms with Gasteiger partial charge < -0.3 is 14.7 Å². The summed E-state index contributed by atoms with van der Waals surface area (Å²) in [4.78, 5) is 17.8. The van der Waals surface area contributed by atoms with E-state index in [0.717, 1.165) is 36.8 Å². The number of aromatic nitrogens is 2. The minimum absolute atomic E-state index is 0.521. The lowest BCUT2D eigenvalue weighted by Gasteiger charge is -2.43. The largest absolute Gasteiger partial charge is 0.371 e. The van der Waals surface area contributed by atoms with Gasteiger partial charge in [0.15, 0.2) is 0 Å². The molecule has 1 aromatic heterocycles. The normalized spacial score (nSPS) is 32.0. The van der Waals surface area contributed by atoms with Crippen LogP contribution in [0.3, 0.4) is 0 Å². The second-order valence-corrected chi connectivity index (χ2v) is 11.3. The molecule has 1 aromatic rings. The zero-order valence-corrected chi connectivity index (χ0v) is 20.5. The van der Waals surface area contributed by atoms with Crippen molar-refractivity contribution in [3.8, 4) is 0 Å². The third-order valence-electron chi connectivity index (χ3n) is 9.04. The van der Waals surface area contributed by atoms with Crippen LogP contribution >= 0.6 is 0 Å². The summed E-state index contributed by atoms with van der Waals surface area (Å²) in [5.41, 5.74) is 1.20. The molecule has 1 saturated carbocycles. The lowest BCUT2D eigenvalue weighted by Crippen LogP contribution is -2.53. The summed E-state index contributed by atoms with van der Waals surface area (Å²) in [6.07, 6.45) is 12.6. The van der Waals surface area contributed by atoms with Gasteiger partial charge in [-0.25, -0.2) is 9.97 Å². The predicted molar refractivity (Wildman–Crippen MR) is 132 cm³/mol. The molecule has 0 spiro atoms. The maximum absolute atomic E-state index is 5.15. The number of piperazine rings is 1. The van der Waals surface area contributed by atoms with Gasteiger partial charge >= 0.3 is 0 Å². The van der Waals surface area contributed by atoms with Crippen molar-refractivity contribution in [1.82, 2.24) is 19.8 Å². The highest BCUT2D eigenvalue weighted by Gasteiger charge is 2.41. The van der Waals surface area contributed by atoms with Crippen LogP contribution in [0.5, 0.6) is 0 Å². The first kappa shape index (κ1) is 22.2. The molecule has 4 fully saturated rings. The molecule has 5 nitrogen and oxygen atoms in total. The third kappa shape index (κ3) is 4.42. The van der Waals surface area contributed by atoms with E-state index in [1.54, 1.807) is 0 Å². The summed E-state index contributed by atoms with van der Waals surface area (Å²) in [6, 6.07) is 4.10. The number of hydrogen-bond donors (Lipinski definition) is 0. The van der Waals surface area contributed by atoms with Crippen molar-refractivity contribution in [3.63, 3.8) is 0 Å². The molecule has 5 heteroatoms. The highest BCUT2D eigenvalue weighted by atomic mass is 15.4. The summed E-state index contributed by atoms with van der Waals surface area (Å²) < 4.78 is 0. The monoisotopic (exact) mass is 437 g/mol. The second kappa shape index (κ2) is 9.32. The minimum atomic E-state index is 0.521. The number of likely N-dealkylation sites (tertiary alicyclic amines) is 2.